The molecular weight excluding hydrogens is 282 g/mol. The maximum atomic E-state index is 14.0. The van der Waals surface area contributed by atoms with Crippen LogP contribution < -0.4 is 5.32 Å². The molecule has 0 spiro atoms. The first-order valence-electron chi connectivity index (χ1n) is 6.66. The maximum absolute atomic E-state index is 14.0. The molecule has 0 aliphatic carbocycles. The summed E-state index contributed by atoms with van der Waals surface area (Å²) in [5.41, 5.74) is -0.0964. The highest BCUT2D eigenvalue weighted by Gasteiger charge is 2.22. The van der Waals surface area contributed by atoms with Gasteiger partial charge in [0.25, 0.3) is 0 Å². The molecule has 0 amide bonds. The minimum Gasteiger partial charge on any atom is -0.306 e. The molecule has 112 valence electrons. The van der Waals surface area contributed by atoms with Gasteiger partial charge in [-0.2, -0.15) is 0 Å². The average molecular weight is 297 g/mol. The molecule has 0 radical (unpaired) electrons. The van der Waals surface area contributed by atoms with E-state index in [1.165, 1.54) is 12.1 Å². The highest BCUT2D eigenvalue weighted by atomic mass is 19.2. The van der Waals surface area contributed by atoms with Crippen molar-refractivity contribution in [1.29, 1.82) is 0 Å². The second-order valence-corrected chi connectivity index (χ2v) is 4.70. The molecule has 1 N–H and O–H groups in total. The van der Waals surface area contributed by atoms with Gasteiger partial charge in [-0.3, -0.25) is 0 Å². The third kappa shape index (κ3) is 3.42. The number of hydrogen-bond acceptors (Lipinski definition) is 1. The second kappa shape index (κ2) is 6.72. The largest absolute Gasteiger partial charge is 0.306 e. The van der Waals surface area contributed by atoms with E-state index in [1.54, 1.807) is 0 Å². The van der Waals surface area contributed by atoms with Gasteiger partial charge in [0.2, 0.25) is 0 Å². The highest BCUT2D eigenvalue weighted by Crippen LogP contribution is 2.28. The zero-order chi connectivity index (χ0) is 15.4. The summed E-state index contributed by atoms with van der Waals surface area (Å²) >= 11 is 0. The van der Waals surface area contributed by atoms with Gasteiger partial charge in [0, 0.05) is 11.1 Å². The molecule has 2 aromatic rings. The van der Waals surface area contributed by atoms with Gasteiger partial charge in [-0.05, 0) is 37.2 Å². The van der Waals surface area contributed by atoms with Gasteiger partial charge in [0.1, 0.15) is 11.6 Å². The minimum absolute atomic E-state index is 0.0482. The van der Waals surface area contributed by atoms with Gasteiger partial charge < -0.3 is 5.32 Å². The van der Waals surface area contributed by atoms with E-state index < -0.39 is 29.3 Å². The molecule has 5 heteroatoms. The van der Waals surface area contributed by atoms with Gasteiger partial charge in [-0.1, -0.05) is 19.1 Å². The van der Waals surface area contributed by atoms with Crippen LogP contribution in [0, 0.1) is 23.3 Å². The van der Waals surface area contributed by atoms with Crippen LogP contribution in [-0.4, -0.2) is 6.54 Å². The third-order valence-electron chi connectivity index (χ3n) is 3.16. The summed E-state index contributed by atoms with van der Waals surface area (Å²) in [6, 6.07) is 5.68. The molecule has 1 nitrogen and oxygen atoms in total. The van der Waals surface area contributed by atoms with E-state index in [1.807, 2.05) is 6.92 Å². The van der Waals surface area contributed by atoms with Gasteiger partial charge in [0.15, 0.2) is 11.6 Å². The Hall–Kier alpha value is -1.88. The van der Waals surface area contributed by atoms with E-state index in [0.29, 0.717) is 13.0 Å². The quantitative estimate of drug-likeness (QED) is 0.810. The van der Waals surface area contributed by atoms with Crippen molar-refractivity contribution >= 4 is 0 Å². The van der Waals surface area contributed by atoms with Crippen molar-refractivity contribution in [3.63, 3.8) is 0 Å². The molecule has 2 aromatic carbocycles. The molecule has 0 bridgehead atoms. The summed E-state index contributed by atoms with van der Waals surface area (Å²) in [5, 5.41) is 2.92. The molecule has 2 rings (SSSR count). The summed E-state index contributed by atoms with van der Waals surface area (Å²) in [4.78, 5) is 0. The van der Waals surface area contributed by atoms with Crippen molar-refractivity contribution in [3.05, 3.63) is 70.8 Å². The predicted octanol–water partition coefficient (Wildman–Crippen LogP) is 4.33. The van der Waals surface area contributed by atoms with Gasteiger partial charge >= 0.3 is 0 Å². The average Bonchev–Trinajstić information content (AvgIpc) is 2.47. The molecule has 0 aliphatic rings. The fraction of sp³-hybridized carbons (Fsp3) is 0.250. The van der Waals surface area contributed by atoms with Crippen LogP contribution in [0.25, 0.3) is 0 Å². The maximum Gasteiger partial charge on any atom is 0.163 e. The number of halogens is 4. The molecule has 0 aromatic heterocycles. The van der Waals surface area contributed by atoms with Crippen molar-refractivity contribution in [2.45, 2.75) is 19.4 Å². The summed E-state index contributed by atoms with van der Waals surface area (Å²) < 4.78 is 54.7. The van der Waals surface area contributed by atoms with Crippen molar-refractivity contribution in [3.8, 4) is 0 Å². The molecular formula is C16H15F4N. The molecule has 1 unspecified atom stereocenters. The van der Waals surface area contributed by atoms with Gasteiger partial charge in [-0.25, -0.2) is 17.6 Å². The molecule has 0 aliphatic heterocycles. The van der Waals surface area contributed by atoms with Crippen molar-refractivity contribution < 1.29 is 17.6 Å². The smallest absolute Gasteiger partial charge is 0.163 e. The molecule has 0 fully saturated rings. The second-order valence-electron chi connectivity index (χ2n) is 4.70. The van der Waals surface area contributed by atoms with E-state index in [-0.39, 0.29) is 11.1 Å². The SMILES string of the molecule is CCCNC(c1cc(F)ccc1F)c1cccc(F)c1F. The Labute approximate surface area is 120 Å². The van der Waals surface area contributed by atoms with E-state index in [2.05, 4.69) is 5.32 Å². The van der Waals surface area contributed by atoms with Crippen molar-refractivity contribution in [1.82, 2.24) is 5.32 Å². The fourth-order valence-corrected chi connectivity index (χ4v) is 2.16. The molecule has 21 heavy (non-hydrogen) atoms. The van der Waals surface area contributed by atoms with Crippen LogP contribution in [0.15, 0.2) is 36.4 Å². The highest BCUT2D eigenvalue weighted by molar-refractivity contribution is 5.34. The summed E-state index contributed by atoms with van der Waals surface area (Å²) in [7, 11) is 0. The summed E-state index contributed by atoms with van der Waals surface area (Å²) in [5.74, 6) is -3.39. The molecule has 1 atom stereocenters. The fourth-order valence-electron chi connectivity index (χ4n) is 2.16. The lowest BCUT2D eigenvalue weighted by atomic mass is 9.97. The van der Waals surface area contributed by atoms with Crippen LogP contribution in [0.4, 0.5) is 17.6 Å². The van der Waals surface area contributed by atoms with Crippen LogP contribution in [0.3, 0.4) is 0 Å². The molecule has 0 saturated carbocycles. The Morgan fingerprint density at radius 3 is 2.43 bits per heavy atom. The lowest BCUT2D eigenvalue weighted by Gasteiger charge is -2.21. The lowest BCUT2D eigenvalue weighted by Crippen LogP contribution is -2.25. The lowest BCUT2D eigenvalue weighted by molar-refractivity contribution is 0.472. The normalized spacial score (nSPS) is 12.4. The standard InChI is InChI=1S/C16H15F4N/c1-2-8-21-16(11-4-3-5-14(19)15(11)20)12-9-10(17)6-7-13(12)18/h3-7,9,16,21H,2,8H2,1H3. The molecule has 0 saturated heterocycles. The van der Waals surface area contributed by atoms with Crippen LogP contribution in [-0.2, 0) is 0 Å². The Kier molecular flexibility index (Phi) is 4.96. The van der Waals surface area contributed by atoms with E-state index in [0.717, 1.165) is 24.3 Å². The van der Waals surface area contributed by atoms with E-state index in [9.17, 15) is 17.6 Å². The van der Waals surface area contributed by atoms with Crippen LogP contribution in [0.5, 0.6) is 0 Å². The van der Waals surface area contributed by atoms with Gasteiger partial charge in [0.05, 0.1) is 6.04 Å². The first-order valence-corrected chi connectivity index (χ1v) is 6.66. The van der Waals surface area contributed by atoms with Crippen LogP contribution in [0.2, 0.25) is 0 Å². The summed E-state index contributed by atoms with van der Waals surface area (Å²) in [6.45, 7) is 2.34. The van der Waals surface area contributed by atoms with Gasteiger partial charge in [-0.15, -0.1) is 0 Å². The zero-order valence-electron chi connectivity index (χ0n) is 11.5. The third-order valence-corrected chi connectivity index (χ3v) is 3.16. The van der Waals surface area contributed by atoms with E-state index >= 15 is 0 Å². The number of hydrogen-bond donors (Lipinski definition) is 1. The first-order chi connectivity index (χ1) is 10.0. The van der Waals surface area contributed by atoms with Crippen molar-refractivity contribution in [2.24, 2.45) is 0 Å². The van der Waals surface area contributed by atoms with Crippen molar-refractivity contribution in [2.75, 3.05) is 6.54 Å². The zero-order valence-corrected chi connectivity index (χ0v) is 11.5. The van der Waals surface area contributed by atoms with E-state index in [4.69, 9.17) is 0 Å². The Balaban J connectivity index is 2.52. The monoisotopic (exact) mass is 297 g/mol. The minimum atomic E-state index is -1.06. The Morgan fingerprint density at radius 2 is 1.71 bits per heavy atom. The predicted molar refractivity (Wildman–Crippen MR) is 72.9 cm³/mol. The number of nitrogens with one attached hydrogen (secondary N) is 1. The summed E-state index contributed by atoms with van der Waals surface area (Å²) in [6.07, 6.45) is 0.713. The number of benzene rings is 2. The molecule has 0 heterocycles. The number of rotatable bonds is 5. The van der Waals surface area contributed by atoms with Crippen LogP contribution in [0.1, 0.15) is 30.5 Å². The topological polar surface area (TPSA) is 12.0 Å². The first kappa shape index (κ1) is 15.5. The van der Waals surface area contributed by atoms with Crippen LogP contribution >= 0.6 is 0 Å². The Morgan fingerprint density at radius 1 is 0.952 bits per heavy atom. The Bertz CT molecular complexity index is 626.